The Hall–Kier alpha value is 0.640. The molecule has 0 aromatic carbocycles. The third kappa shape index (κ3) is 5.43. The number of alkyl halides is 1. The molecule has 0 saturated carbocycles. The molecule has 0 aromatic rings. The molecule has 0 amide bonds. The first-order valence-corrected chi connectivity index (χ1v) is 5.34. The molecule has 0 spiro atoms. The Morgan fingerprint density at radius 1 is 1.20 bits per heavy atom. The van der Waals surface area contributed by atoms with Gasteiger partial charge in [0.05, 0.1) is 13.2 Å². The standard InChI is InChI=1S/C6H14ClO2P/c1-3-8-10(6-5-7)9-4-2/h3-6H2,1-2H3. The van der Waals surface area contributed by atoms with Crippen LogP contribution in [-0.2, 0) is 9.05 Å². The van der Waals surface area contributed by atoms with E-state index in [1.807, 2.05) is 13.8 Å². The van der Waals surface area contributed by atoms with Gasteiger partial charge in [0.25, 0.3) is 0 Å². The lowest BCUT2D eigenvalue weighted by atomic mass is 10.9. The van der Waals surface area contributed by atoms with Gasteiger partial charge in [0.1, 0.15) is 0 Å². The van der Waals surface area contributed by atoms with Gasteiger partial charge in [-0.05, 0) is 13.8 Å². The van der Waals surface area contributed by atoms with Crippen LogP contribution in [0.5, 0.6) is 0 Å². The Morgan fingerprint density at radius 2 is 1.70 bits per heavy atom. The summed E-state index contributed by atoms with van der Waals surface area (Å²) in [6.07, 6.45) is 0.832. The maximum absolute atomic E-state index is 5.52. The predicted molar refractivity (Wildman–Crippen MR) is 45.8 cm³/mol. The van der Waals surface area contributed by atoms with Crippen molar-refractivity contribution in [3.8, 4) is 0 Å². The molecule has 0 bridgehead atoms. The first-order valence-electron chi connectivity index (χ1n) is 3.44. The molecule has 0 saturated heterocycles. The summed E-state index contributed by atoms with van der Waals surface area (Å²) in [5.41, 5.74) is 0. The summed E-state index contributed by atoms with van der Waals surface area (Å²) in [4.78, 5) is 0. The fraction of sp³-hybridized carbons (Fsp3) is 1.00. The van der Waals surface area contributed by atoms with Crippen LogP contribution in [0.1, 0.15) is 13.8 Å². The molecule has 4 heteroatoms. The third-order valence-electron chi connectivity index (χ3n) is 0.813. The lowest BCUT2D eigenvalue weighted by Crippen LogP contribution is -1.95. The lowest BCUT2D eigenvalue weighted by molar-refractivity contribution is 0.270. The van der Waals surface area contributed by atoms with E-state index in [1.54, 1.807) is 0 Å². The molecule has 0 heterocycles. The summed E-state index contributed by atoms with van der Waals surface area (Å²) < 4.78 is 10.6. The van der Waals surface area contributed by atoms with E-state index in [9.17, 15) is 0 Å². The summed E-state index contributed by atoms with van der Waals surface area (Å²) in [6.45, 7) is 5.34. The molecule has 0 unspecified atom stereocenters. The van der Waals surface area contributed by atoms with E-state index in [2.05, 4.69) is 0 Å². The van der Waals surface area contributed by atoms with Gasteiger partial charge in [-0.25, -0.2) is 0 Å². The van der Waals surface area contributed by atoms with Crippen molar-refractivity contribution in [2.24, 2.45) is 0 Å². The lowest BCUT2D eigenvalue weighted by Gasteiger charge is -2.13. The SMILES string of the molecule is CCOP(CCCl)OCC. The number of hydrogen-bond acceptors (Lipinski definition) is 2. The van der Waals surface area contributed by atoms with E-state index in [1.165, 1.54) is 0 Å². The average molecular weight is 185 g/mol. The van der Waals surface area contributed by atoms with E-state index < -0.39 is 8.38 Å². The smallest absolute Gasteiger partial charge is 0.171 e. The zero-order valence-corrected chi connectivity index (χ0v) is 8.12. The molecule has 0 fully saturated rings. The minimum absolute atomic E-state index is 0.617. The largest absolute Gasteiger partial charge is 0.334 e. The highest BCUT2D eigenvalue weighted by atomic mass is 35.5. The molecule has 0 aliphatic rings. The molecular formula is C6H14ClO2P. The van der Waals surface area contributed by atoms with Crippen LogP contribution in [0, 0.1) is 0 Å². The van der Waals surface area contributed by atoms with Crippen LogP contribution < -0.4 is 0 Å². The zero-order chi connectivity index (χ0) is 7.82. The van der Waals surface area contributed by atoms with Crippen molar-refractivity contribution in [2.45, 2.75) is 13.8 Å². The predicted octanol–water partition coefficient (Wildman–Crippen LogP) is 2.61. The second kappa shape index (κ2) is 7.74. The maximum Gasteiger partial charge on any atom is 0.171 e. The van der Waals surface area contributed by atoms with Crippen molar-refractivity contribution in [2.75, 3.05) is 25.3 Å². The summed E-state index contributed by atoms with van der Waals surface area (Å²) in [5, 5.41) is 0. The van der Waals surface area contributed by atoms with Crippen LogP contribution in [0.4, 0.5) is 0 Å². The van der Waals surface area contributed by atoms with Gasteiger partial charge in [-0.1, -0.05) is 0 Å². The van der Waals surface area contributed by atoms with Crippen LogP contribution in [-0.4, -0.2) is 25.3 Å². The van der Waals surface area contributed by atoms with Crippen molar-refractivity contribution in [3.63, 3.8) is 0 Å². The maximum atomic E-state index is 5.52. The molecule has 10 heavy (non-hydrogen) atoms. The van der Waals surface area contributed by atoms with Gasteiger partial charge in [-0.3, -0.25) is 0 Å². The van der Waals surface area contributed by atoms with E-state index >= 15 is 0 Å². The van der Waals surface area contributed by atoms with E-state index in [-0.39, 0.29) is 0 Å². The van der Waals surface area contributed by atoms with Gasteiger partial charge in [-0.2, -0.15) is 0 Å². The normalized spacial score (nSPS) is 10.8. The Kier molecular flexibility index (Phi) is 8.24. The Labute approximate surface area is 68.8 Å². The fourth-order valence-corrected chi connectivity index (χ4v) is 1.98. The summed E-state index contributed by atoms with van der Waals surface area (Å²) in [7, 11) is -0.693. The van der Waals surface area contributed by atoms with Crippen LogP contribution in [0.25, 0.3) is 0 Å². The fourth-order valence-electron chi connectivity index (χ4n) is 0.523. The first kappa shape index (κ1) is 10.6. The zero-order valence-electron chi connectivity index (χ0n) is 6.47. The average Bonchev–Trinajstić information content (AvgIpc) is 1.90. The van der Waals surface area contributed by atoms with Gasteiger partial charge in [0.15, 0.2) is 8.38 Å². The molecule has 0 rings (SSSR count). The van der Waals surface area contributed by atoms with Gasteiger partial charge >= 0.3 is 0 Å². The monoisotopic (exact) mass is 184 g/mol. The molecule has 0 atom stereocenters. The van der Waals surface area contributed by atoms with E-state index in [0.717, 1.165) is 6.16 Å². The van der Waals surface area contributed by atoms with Gasteiger partial charge in [0, 0.05) is 12.0 Å². The highest BCUT2D eigenvalue weighted by molar-refractivity contribution is 7.47. The molecule has 0 radical (unpaired) electrons. The highest BCUT2D eigenvalue weighted by Gasteiger charge is 2.06. The molecule has 2 nitrogen and oxygen atoms in total. The Balaban J connectivity index is 3.30. The Morgan fingerprint density at radius 3 is 2.00 bits per heavy atom. The van der Waals surface area contributed by atoms with Gasteiger partial charge in [-0.15, -0.1) is 11.6 Å². The highest BCUT2D eigenvalue weighted by Crippen LogP contribution is 2.37. The minimum Gasteiger partial charge on any atom is -0.334 e. The van der Waals surface area contributed by atoms with Gasteiger partial charge in [0.2, 0.25) is 0 Å². The first-order chi connectivity index (χ1) is 4.85. The van der Waals surface area contributed by atoms with Crippen molar-refractivity contribution in [3.05, 3.63) is 0 Å². The third-order valence-corrected chi connectivity index (χ3v) is 2.95. The van der Waals surface area contributed by atoms with Crippen LogP contribution in [0.2, 0.25) is 0 Å². The van der Waals surface area contributed by atoms with E-state index in [4.69, 9.17) is 20.6 Å². The molecular weight excluding hydrogens is 170 g/mol. The van der Waals surface area contributed by atoms with Crippen molar-refractivity contribution in [1.82, 2.24) is 0 Å². The van der Waals surface area contributed by atoms with Crippen molar-refractivity contribution >= 4 is 20.0 Å². The second-order valence-electron chi connectivity index (χ2n) is 1.58. The van der Waals surface area contributed by atoms with E-state index in [0.29, 0.717) is 19.1 Å². The van der Waals surface area contributed by atoms with Gasteiger partial charge < -0.3 is 9.05 Å². The topological polar surface area (TPSA) is 18.5 Å². The molecule has 0 aromatic heterocycles. The minimum atomic E-state index is -0.693. The number of halogens is 1. The molecule has 62 valence electrons. The molecule has 0 N–H and O–H groups in total. The summed E-state index contributed by atoms with van der Waals surface area (Å²) in [5.74, 6) is 0.617. The van der Waals surface area contributed by atoms with Crippen LogP contribution in [0.3, 0.4) is 0 Å². The summed E-state index contributed by atoms with van der Waals surface area (Å²) in [6, 6.07) is 0. The number of rotatable bonds is 6. The van der Waals surface area contributed by atoms with Crippen molar-refractivity contribution in [1.29, 1.82) is 0 Å². The quantitative estimate of drug-likeness (QED) is 0.467. The number of hydrogen-bond donors (Lipinski definition) is 0. The second-order valence-corrected chi connectivity index (χ2v) is 3.59. The molecule has 0 aliphatic heterocycles. The van der Waals surface area contributed by atoms with Crippen LogP contribution >= 0.6 is 20.0 Å². The van der Waals surface area contributed by atoms with Crippen molar-refractivity contribution < 1.29 is 9.05 Å². The Bertz CT molecular complexity index is 58.5. The summed E-state index contributed by atoms with van der Waals surface area (Å²) >= 11 is 5.52. The van der Waals surface area contributed by atoms with Crippen LogP contribution in [0.15, 0.2) is 0 Å². The molecule has 0 aliphatic carbocycles.